The van der Waals surface area contributed by atoms with Gasteiger partial charge >= 0.3 is 5.97 Å². The summed E-state index contributed by atoms with van der Waals surface area (Å²) in [5, 5.41) is 29.2. The van der Waals surface area contributed by atoms with E-state index in [9.17, 15) is 29.1 Å². The number of hydrogen-bond donors (Lipinski definition) is 5. The summed E-state index contributed by atoms with van der Waals surface area (Å²) < 4.78 is 24.0. The number of aryl methyl sites for hydroxylation is 1. The third-order valence-electron chi connectivity index (χ3n) is 14.1. The lowest BCUT2D eigenvalue weighted by molar-refractivity contribution is -0.154. The number of carbonyl (C=O) groups excluding carboxylic acids is 5. The molecule has 6 atom stereocenters. The minimum absolute atomic E-state index is 0.0739. The molecule has 4 amide bonds. The summed E-state index contributed by atoms with van der Waals surface area (Å²) >= 11 is 7.67. The number of H-pyrrole nitrogens is 1. The van der Waals surface area contributed by atoms with E-state index in [4.69, 9.17) is 30.5 Å². The van der Waals surface area contributed by atoms with Crippen molar-refractivity contribution in [2.75, 3.05) is 65.7 Å². The van der Waals surface area contributed by atoms with Gasteiger partial charge in [0.05, 0.1) is 106 Å². The Bertz CT molecular complexity index is 3010. The molecule has 0 bridgehead atoms. The number of carbonyl (C=O) groups is 5. The molecular weight excluding hydrogens is 1040 g/mol. The van der Waals surface area contributed by atoms with Crippen LogP contribution >= 0.6 is 22.9 Å². The fourth-order valence-corrected chi connectivity index (χ4v) is 11.0. The first kappa shape index (κ1) is 57.6. The first-order valence-electron chi connectivity index (χ1n) is 26.1. The van der Waals surface area contributed by atoms with Gasteiger partial charge in [0.1, 0.15) is 23.7 Å². The van der Waals surface area contributed by atoms with Crippen LogP contribution in [-0.2, 0) is 57.6 Å². The Balaban J connectivity index is 0.708. The van der Waals surface area contributed by atoms with E-state index >= 15 is 0 Å². The molecule has 416 valence electrons. The third kappa shape index (κ3) is 13.8. The number of ether oxygens (including phenoxy) is 4. The van der Waals surface area contributed by atoms with Gasteiger partial charge < -0.3 is 54.8 Å². The fraction of sp³-hybridized carbons (Fsp3) is 0.464. The Morgan fingerprint density at radius 2 is 1.63 bits per heavy atom. The van der Waals surface area contributed by atoms with Crippen LogP contribution in [-0.4, -0.2) is 159 Å². The highest BCUT2D eigenvalue weighted by molar-refractivity contribution is 7.13. The van der Waals surface area contributed by atoms with Crippen molar-refractivity contribution in [1.82, 2.24) is 50.7 Å². The Morgan fingerprint density at radius 1 is 0.923 bits per heavy atom. The molecule has 0 aliphatic carbocycles. The Hall–Kier alpha value is -6.59. The van der Waals surface area contributed by atoms with Crippen LogP contribution in [0, 0.1) is 12.3 Å². The number of aliphatic hydroxyl groups excluding tert-OH is 1. The number of hydrogen-bond acceptors (Lipinski definition) is 15. The highest BCUT2D eigenvalue weighted by Crippen LogP contribution is 2.41. The number of aromatic nitrogens is 5. The second kappa shape index (κ2) is 26.4. The summed E-state index contributed by atoms with van der Waals surface area (Å²) in [6.45, 7) is 12.9. The molecule has 8 rings (SSSR count). The van der Waals surface area contributed by atoms with E-state index in [1.807, 2.05) is 88.7 Å². The zero-order valence-corrected chi connectivity index (χ0v) is 46.4. The molecular formula is C56H69ClN10O10S. The van der Waals surface area contributed by atoms with Crippen molar-refractivity contribution >= 4 is 63.4 Å². The van der Waals surface area contributed by atoms with E-state index in [2.05, 4.69) is 36.2 Å². The normalized spacial score (nSPS) is 18.2. The number of alkyl halides is 1. The number of thiazole rings is 1. The maximum Gasteiger partial charge on any atom is 0.328 e. The van der Waals surface area contributed by atoms with E-state index in [-0.39, 0.29) is 55.6 Å². The van der Waals surface area contributed by atoms with Gasteiger partial charge in [-0.25, -0.2) is 14.5 Å². The van der Waals surface area contributed by atoms with Crippen molar-refractivity contribution in [3.8, 4) is 10.4 Å². The average Bonchev–Trinajstić information content (AvgIpc) is 4.35. The monoisotopic (exact) mass is 1110 g/mol. The van der Waals surface area contributed by atoms with Gasteiger partial charge in [0.2, 0.25) is 17.7 Å². The lowest BCUT2D eigenvalue weighted by Crippen LogP contribution is -2.57. The third-order valence-corrected chi connectivity index (χ3v) is 15.3. The van der Waals surface area contributed by atoms with Gasteiger partial charge in [0.25, 0.3) is 5.91 Å². The molecule has 3 aromatic heterocycles. The molecule has 1 fully saturated rings. The number of halogens is 1. The average molecular weight is 1110 g/mol. The molecule has 3 aromatic carbocycles. The van der Waals surface area contributed by atoms with Crippen LogP contribution in [0.3, 0.4) is 0 Å². The highest BCUT2D eigenvalue weighted by Gasteiger charge is 2.45. The van der Waals surface area contributed by atoms with E-state index in [1.165, 1.54) is 16.9 Å². The molecule has 20 nitrogen and oxygen atoms in total. The van der Waals surface area contributed by atoms with E-state index < -0.39 is 47.6 Å². The summed E-state index contributed by atoms with van der Waals surface area (Å²) in [7, 11) is 1.30. The van der Waals surface area contributed by atoms with Gasteiger partial charge in [-0.05, 0) is 59.7 Å². The standard InChI is InChI=1S/C56H69ClN10O10S/c1-34(36-11-15-38(16-12-36)50-35(2)60-33-78-50)61-53(71)45-27-41(68)32-66(45)54(72)51(56(3,4)5)58-19-21-75-23-25-77-26-24-76-22-20-65-31-40(63-64-65)30-59-52(70)39-17-13-37(14-18-39)49-48-43(42-9-7-8-10-44(42)62-48)28-46(55(73)74-6)67(49)47(69)29-57/h7-18,31,33-34,41,45-46,49,51,58,62,68H,19-30,32H2,1-6H3,(H,59,70)(H,61,71)/t34-,41+,45-,46+,49-,51+/m0/s1. The Morgan fingerprint density at radius 3 is 2.31 bits per heavy atom. The minimum Gasteiger partial charge on any atom is -0.467 e. The fourth-order valence-electron chi connectivity index (χ4n) is 10.1. The van der Waals surface area contributed by atoms with E-state index in [1.54, 1.807) is 46.5 Å². The van der Waals surface area contributed by atoms with Crippen molar-refractivity contribution in [3.05, 3.63) is 124 Å². The molecule has 0 unspecified atom stereocenters. The van der Waals surface area contributed by atoms with Crippen LogP contribution in [0.1, 0.15) is 90.3 Å². The predicted molar refractivity (Wildman–Crippen MR) is 294 cm³/mol. The van der Waals surface area contributed by atoms with Gasteiger partial charge in [0.15, 0.2) is 0 Å². The molecule has 78 heavy (non-hydrogen) atoms. The lowest BCUT2D eigenvalue weighted by Gasteiger charge is -2.40. The number of methoxy groups -OCH3 is 1. The van der Waals surface area contributed by atoms with E-state index in [0.29, 0.717) is 69.6 Å². The van der Waals surface area contributed by atoms with Gasteiger partial charge in [-0.1, -0.05) is 80.6 Å². The molecule has 6 aromatic rings. The number of likely N-dealkylation sites (tertiary alicyclic amines) is 1. The first-order valence-corrected chi connectivity index (χ1v) is 27.5. The molecule has 0 spiro atoms. The van der Waals surface area contributed by atoms with Crippen molar-refractivity contribution in [3.63, 3.8) is 0 Å². The largest absolute Gasteiger partial charge is 0.467 e. The number of fused-ring (bicyclic) bond motifs is 3. The molecule has 5 N–H and O–H groups in total. The smallest absolute Gasteiger partial charge is 0.328 e. The maximum atomic E-state index is 14.1. The van der Waals surface area contributed by atoms with Crippen LogP contribution < -0.4 is 16.0 Å². The molecule has 5 heterocycles. The molecule has 2 aliphatic rings. The zero-order valence-electron chi connectivity index (χ0n) is 44.8. The van der Waals surface area contributed by atoms with E-state index in [0.717, 1.165) is 43.9 Å². The van der Waals surface area contributed by atoms with Gasteiger partial charge in [-0.2, -0.15) is 0 Å². The summed E-state index contributed by atoms with van der Waals surface area (Å²) in [5.41, 5.74) is 8.49. The van der Waals surface area contributed by atoms with Gasteiger partial charge in [0, 0.05) is 48.1 Å². The topological polar surface area (TPSA) is 244 Å². The van der Waals surface area contributed by atoms with Crippen molar-refractivity contribution in [2.24, 2.45) is 5.41 Å². The number of para-hydroxylation sites is 1. The lowest BCUT2D eigenvalue weighted by atomic mass is 9.85. The number of nitrogens with zero attached hydrogens (tertiary/aromatic N) is 6. The maximum absolute atomic E-state index is 14.1. The SMILES string of the molecule is COC(=O)[C@H]1Cc2c([nH]c3ccccc23)[C@H](c2ccc(C(=O)NCc3cn(CCOCCOCCOCCN[C@H](C(=O)N4C[C@H](O)C[C@H]4C(=O)N[C@@H](C)c4ccc(-c5scnc5C)cc4)C(C)(C)C)nn3)cc2)N1C(=O)CCl. The van der Waals surface area contributed by atoms with Gasteiger partial charge in [-0.15, -0.1) is 28.0 Å². The van der Waals surface area contributed by atoms with Crippen molar-refractivity contribution in [1.29, 1.82) is 0 Å². The van der Waals surface area contributed by atoms with Crippen LogP contribution in [0.15, 0.2) is 84.5 Å². The van der Waals surface area contributed by atoms with Crippen LogP contribution in [0.2, 0.25) is 0 Å². The number of nitrogens with one attached hydrogen (secondary N) is 4. The Labute approximate surface area is 462 Å². The van der Waals surface area contributed by atoms with Gasteiger partial charge in [-0.3, -0.25) is 19.2 Å². The number of esters is 1. The summed E-state index contributed by atoms with van der Waals surface area (Å²) in [5.74, 6) is -2.17. The molecule has 2 aliphatic heterocycles. The summed E-state index contributed by atoms with van der Waals surface area (Å²) in [6, 6.07) is 19.3. The molecule has 0 saturated carbocycles. The van der Waals surface area contributed by atoms with Crippen molar-refractivity contribution < 1.29 is 48.0 Å². The molecule has 22 heteroatoms. The van der Waals surface area contributed by atoms with Crippen LogP contribution in [0.5, 0.6) is 0 Å². The molecule has 0 radical (unpaired) electrons. The predicted octanol–water partition coefficient (Wildman–Crippen LogP) is 5.27. The Kier molecular flexibility index (Phi) is 19.5. The second-order valence-corrected chi connectivity index (χ2v) is 21.6. The summed E-state index contributed by atoms with van der Waals surface area (Å²) in [6.07, 6.45) is 1.34. The second-order valence-electron chi connectivity index (χ2n) is 20.5. The van der Waals surface area contributed by atoms with Crippen molar-refractivity contribution in [2.45, 2.75) is 96.9 Å². The number of β-amino-alcohol motifs (C(OH)–C–C–N with tert-alkyl or cyclic N) is 1. The minimum atomic E-state index is -0.896. The number of aliphatic hydroxyl groups is 1. The van der Waals surface area contributed by atoms with Crippen LogP contribution in [0.25, 0.3) is 21.3 Å². The number of aromatic amines is 1. The summed E-state index contributed by atoms with van der Waals surface area (Å²) in [4.78, 5) is 79.3. The number of rotatable bonds is 24. The number of amides is 4. The molecule has 1 saturated heterocycles. The van der Waals surface area contributed by atoms with Crippen LogP contribution in [0.4, 0.5) is 0 Å². The quantitative estimate of drug-likeness (QED) is 0.0295. The first-order chi connectivity index (χ1) is 37.6. The zero-order chi connectivity index (χ0) is 55.5. The highest BCUT2D eigenvalue weighted by atomic mass is 35.5. The number of benzene rings is 3.